The zero-order chi connectivity index (χ0) is 21.3. The number of aromatic hydroxyl groups is 1. The summed E-state index contributed by atoms with van der Waals surface area (Å²) in [5.74, 6) is 0.224. The lowest BCUT2D eigenvalue weighted by Gasteiger charge is -2.09. The number of phenolic OH excluding ortho intramolecular Hbond substituents is 1. The Bertz CT molecular complexity index is 1240. The summed E-state index contributed by atoms with van der Waals surface area (Å²) >= 11 is 2.80. The third kappa shape index (κ3) is 4.29. The highest BCUT2D eigenvalue weighted by molar-refractivity contribution is 8.00. The van der Waals surface area contributed by atoms with E-state index in [1.807, 2.05) is 19.2 Å². The van der Waals surface area contributed by atoms with Gasteiger partial charge in [-0.05, 0) is 49.2 Å². The van der Waals surface area contributed by atoms with Crippen LogP contribution in [0.3, 0.4) is 0 Å². The number of thioether (sulfide) groups is 1. The van der Waals surface area contributed by atoms with Gasteiger partial charge in [-0.1, -0.05) is 30.0 Å². The second-order valence-corrected chi connectivity index (χ2v) is 8.59. The van der Waals surface area contributed by atoms with Crippen LogP contribution in [0.4, 0.5) is 10.1 Å². The first-order valence-corrected chi connectivity index (χ1v) is 11.0. The van der Waals surface area contributed by atoms with Crippen molar-refractivity contribution in [2.24, 2.45) is 0 Å². The van der Waals surface area contributed by atoms with E-state index in [1.165, 1.54) is 35.2 Å². The first-order chi connectivity index (χ1) is 14.4. The van der Waals surface area contributed by atoms with E-state index in [2.05, 4.69) is 15.3 Å². The van der Waals surface area contributed by atoms with E-state index < -0.39 is 0 Å². The number of nitrogens with one attached hydrogen (secondary N) is 1. The Balaban J connectivity index is 1.60. The van der Waals surface area contributed by atoms with Crippen molar-refractivity contribution in [3.05, 3.63) is 65.0 Å². The molecule has 30 heavy (non-hydrogen) atoms. The SMILES string of the molecule is Cc1ccc(O)c(NC(=O)CSc2nc(C)nc3scc(-c4ccc(F)cc4)c23)c1. The van der Waals surface area contributed by atoms with Crippen molar-refractivity contribution in [1.82, 2.24) is 9.97 Å². The smallest absolute Gasteiger partial charge is 0.234 e. The number of hydrogen-bond acceptors (Lipinski definition) is 6. The fraction of sp³-hybridized carbons (Fsp3) is 0.136. The van der Waals surface area contributed by atoms with Crippen LogP contribution in [-0.2, 0) is 4.79 Å². The number of phenols is 1. The Hall–Kier alpha value is -2.97. The maximum Gasteiger partial charge on any atom is 0.234 e. The maximum absolute atomic E-state index is 13.3. The summed E-state index contributed by atoms with van der Waals surface area (Å²) in [6.45, 7) is 3.70. The van der Waals surface area contributed by atoms with E-state index in [-0.39, 0.29) is 23.2 Å². The Morgan fingerprint density at radius 3 is 2.70 bits per heavy atom. The minimum Gasteiger partial charge on any atom is -0.506 e. The molecule has 0 bridgehead atoms. The molecule has 5 nitrogen and oxygen atoms in total. The normalized spacial score (nSPS) is 11.0. The number of carbonyl (C=O) groups is 1. The molecule has 4 rings (SSSR count). The largest absolute Gasteiger partial charge is 0.506 e. The molecule has 2 aromatic carbocycles. The zero-order valence-electron chi connectivity index (χ0n) is 16.3. The second kappa shape index (κ2) is 8.41. The monoisotopic (exact) mass is 439 g/mol. The minimum atomic E-state index is -0.295. The molecule has 2 N–H and O–H groups in total. The highest BCUT2D eigenvalue weighted by atomic mass is 32.2. The van der Waals surface area contributed by atoms with Crippen molar-refractivity contribution in [3.63, 3.8) is 0 Å². The molecule has 0 aliphatic rings. The number of anilines is 1. The van der Waals surface area contributed by atoms with Crippen molar-refractivity contribution in [1.29, 1.82) is 0 Å². The van der Waals surface area contributed by atoms with Gasteiger partial charge < -0.3 is 10.4 Å². The number of thiophene rings is 1. The van der Waals surface area contributed by atoms with Crippen LogP contribution in [0.1, 0.15) is 11.4 Å². The Morgan fingerprint density at radius 1 is 1.17 bits per heavy atom. The van der Waals surface area contributed by atoms with E-state index in [0.717, 1.165) is 26.9 Å². The first-order valence-electron chi connectivity index (χ1n) is 9.15. The molecule has 4 aromatic rings. The molecule has 0 spiro atoms. The second-order valence-electron chi connectivity index (χ2n) is 6.77. The van der Waals surface area contributed by atoms with Gasteiger partial charge in [-0.2, -0.15) is 0 Å². The number of aromatic nitrogens is 2. The molecule has 0 saturated heterocycles. The van der Waals surface area contributed by atoms with E-state index in [0.29, 0.717) is 16.5 Å². The maximum atomic E-state index is 13.3. The molecule has 0 aliphatic carbocycles. The Labute approximate surface area is 181 Å². The zero-order valence-corrected chi connectivity index (χ0v) is 17.9. The number of carbonyl (C=O) groups excluding carboxylic acids is 1. The topological polar surface area (TPSA) is 75.1 Å². The third-order valence-corrected chi connectivity index (χ3v) is 6.28. The molecule has 0 radical (unpaired) electrons. The summed E-state index contributed by atoms with van der Waals surface area (Å²) in [5.41, 5.74) is 3.10. The van der Waals surface area contributed by atoms with Gasteiger partial charge in [0, 0.05) is 10.9 Å². The van der Waals surface area contributed by atoms with Crippen molar-refractivity contribution in [2.75, 3.05) is 11.1 Å². The van der Waals surface area contributed by atoms with Crippen LogP contribution in [0.25, 0.3) is 21.3 Å². The lowest BCUT2D eigenvalue weighted by molar-refractivity contribution is -0.113. The Kier molecular flexibility index (Phi) is 5.69. The summed E-state index contributed by atoms with van der Waals surface area (Å²) in [7, 11) is 0. The summed E-state index contributed by atoms with van der Waals surface area (Å²) < 4.78 is 13.3. The number of aryl methyl sites for hydroxylation is 2. The van der Waals surface area contributed by atoms with Gasteiger partial charge in [0.05, 0.1) is 16.8 Å². The van der Waals surface area contributed by atoms with Gasteiger partial charge in [-0.25, -0.2) is 14.4 Å². The average Bonchev–Trinajstić information content (AvgIpc) is 3.13. The van der Waals surface area contributed by atoms with E-state index in [1.54, 1.807) is 30.3 Å². The van der Waals surface area contributed by atoms with E-state index in [4.69, 9.17) is 0 Å². The fourth-order valence-corrected chi connectivity index (χ4v) is 4.97. The van der Waals surface area contributed by atoms with Crippen LogP contribution < -0.4 is 5.32 Å². The number of nitrogens with zero attached hydrogens (tertiary/aromatic N) is 2. The molecule has 0 aliphatic heterocycles. The number of amides is 1. The lowest BCUT2D eigenvalue weighted by atomic mass is 10.1. The lowest BCUT2D eigenvalue weighted by Crippen LogP contribution is -2.14. The predicted octanol–water partition coefficient (Wildman–Crippen LogP) is 5.55. The van der Waals surface area contributed by atoms with E-state index in [9.17, 15) is 14.3 Å². The quantitative estimate of drug-likeness (QED) is 0.242. The number of benzene rings is 2. The van der Waals surface area contributed by atoms with Gasteiger partial charge in [0.1, 0.15) is 27.2 Å². The van der Waals surface area contributed by atoms with Crippen molar-refractivity contribution < 1.29 is 14.3 Å². The molecule has 0 atom stereocenters. The van der Waals surface area contributed by atoms with Crippen LogP contribution in [0.2, 0.25) is 0 Å². The Morgan fingerprint density at radius 2 is 1.93 bits per heavy atom. The molecular weight excluding hydrogens is 421 g/mol. The summed E-state index contributed by atoms with van der Waals surface area (Å²) in [6.07, 6.45) is 0. The van der Waals surface area contributed by atoms with Crippen LogP contribution in [0.15, 0.2) is 52.9 Å². The number of hydrogen-bond donors (Lipinski definition) is 2. The summed E-state index contributed by atoms with van der Waals surface area (Å²) in [6, 6.07) is 11.3. The molecule has 1 amide bonds. The van der Waals surface area contributed by atoms with Crippen molar-refractivity contribution in [3.8, 4) is 16.9 Å². The molecule has 0 saturated carbocycles. The molecule has 8 heteroatoms. The van der Waals surface area contributed by atoms with Crippen molar-refractivity contribution >= 4 is 44.9 Å². The highest BCUT2D eigenvalue weighted by Gasteiger charge is 2.16. The summed E-state index contributed by atoms with van der Waals surface area (Å²) in [5, 5.41) is 16.2. The van der Waals surface area contributed by atoms with Gasteiger partial charge in [0.25, 0.3) is 0 Å². The number of halogens is 1. The average molecular weight is 440 g/mol. The fourth-order valence-electron chi connectivity index (χ4n) is 3.03. The molecule has 152 valence electrons. The molecular formula is C22H18FN3O2S2. The van der Waals surface area contributed by atoms with Crippen LogP contribution in [0.5, 0.6) is 5.75 Å². The van der Waals surface area contributed by atoms with Gasteiger partial charge in [0.2, 0.25) is 5.91 Å². The first kappa shape index (κ1) is 20.3. The van der Waals surface area contributed by atoms with Crippen LogP contribution >= 0.6 is 23.1 Å². The molecule has 0 unspecified atom stereocenters. The highest BCUT2D eigenvalue weighted by Crippen LogP contribution is 2.38. The van der Waals surface area contributed by atoms with Crippen molar-refractivity contribution in [2.45, 2.75) is 18.9 Å². The van der Waals surface area contributed by atoms with Crippen LogP contribution in [-0.4, -0.2) is 26.7 Å². The molecule has 0 fully saturated rings. The third-order valence-electron chi connectivity index (χ3n) is 4.43. The van der Waals surface area contributed by atoms with Gasteiger partial charge >= 0.3 is 0 Å². The number of fused-ring (bicyclic) bond motifs is 1. The van der Waals surface area contributed by atoms with Crippen LogP contribution in [0, 0.1) is 19.7 Å². The number of rotatable bonds is 5. The standard InChI is InChI=1S/C22H18FN3O2S2/c1-12-3-8-18(27)17(9-12)26-19(28)11-30-22-20-16(14-4-6-15(23)7-5-14)10-29-21(20)24-13(2)25-22/h3-10,27H,11H2,1-2H3,(H,26,28). The minimum absolute atomic E-state index is 0.0238. The molecule has 2 aromatic heterocycles. The van der Waals surface area contributed by atoms with Gasteiger partial charge in [0.15, 0.2) is 0 Å². The van der Waals surface area contributed by atoms with Gasteiger partial charge in [-0.3, -0.25) is 4.79 Å². The predicted molar refractivity (Wildman–Crippen MR) is 120 cm³/mol. The molecule has 2 heterocycles. The van der Waals surface area contributed by atoms with E-state index >= 15 is 0 Å². The van der Waals surface area contributed by atoms with Gasteiger partial charge in [-0.15, -0.1) is 11.3 Å². The summed E-state index contributed by atoms with van der Waals surface area (Å²) in [4.78, 5) is 22.3.